The van der Waals surface area contributed by atoms with Crippen LogP contribution in [0, 0.1) is 17.3 Å². The van der Waals surface area contributed by atoms with Gasteiger partial charge in [0.2, 0.25) is 5.91 Å². The number of amides is 1. The number of aliphatic carboxylic acids is 1. The first-order valence-electron chi connectivity index (χ1n) is 6.40. The normalized spacial score (nSPS) is 31.3. The third kappa shape index (κ3) is 2.00. The van der Waals surface area contributed by atoms with Gasteiger partial charge in [0.1, 0.15) is 0 Å². The molecule has 5 heteroatoms. The van der Waals surface area contributed by atoms with E-state index in [0.717, 1.165) is 19.3 Å². The number of nitrogens with one attached hydrogen (secondary N) is 1. The Kier molecular flexibility index (Phi) is 3.13. The van der Waals surface area contributed by atoms with Crippen molar-refractivity contribution in [2.45, 2.75) is 38.7 Å². The summed E-state index contributed by atoms with van der Waals surface area (Å²) in [6, 6.07) is 0. The van der Waals surface area contributed by atoms with Crippen molar-refractivity contribution < 1.29 is 19.4 Å². The molecule has 1 amide bonds. The standard InChI is InChI=1S/C13H21NO4/c1-12(2)8(9(12)11(16)17)10(15)14-7-13(18-3)5-4-6-13/h8-9H,4-7H2,1-3H3,(H,14,15)(H,16,17). The average Bonchev–Trinajstić information content (AvgIpc) is 2.80. The maximum absolute atomic E-state index is 12.0. The summed E-state index contributed by atoms with van der Waals surface area (Å²) < 4.78 is 5.42. The molecule has 2 fully saturated rings. The van der Waals surface area contributed by atoms with Crippen molar-refractivity contribution in [2.75, 3.05) is 13.7 Å². The Morgan fingerprint density at radius 3 is 2.28 bits per heavy atom. The number of rotatable bonds is 5. The predicted molar refractivity (Wildman–Crippen MR) is 65.0 cm³/mol. The van der Waals surface area contributed by atoms with Gasteiger partial charge in [-0.05, 0) is 24.7 Å². The van der Waals surface area contributed by atoms with Crippen LogP contribution in [0.1, 0.15) is 33.1 Å². The van der Waals surface area contributed by atoms with E-state index in [2.05, 4.69) is 5.32 Å². The number of methoxy groups -OCH3 is 1. The van der Waals surface area contributed by atoms with Crippen LogP contribution in [0.25, 0.3) is 0 Å². The summed E-state index contributed by atoms with van der Waals surface area (Å²) in [5.41, 5.74) is -0.650. The molecule has 2 saturated carbocycles. The van der Waals surface area contributed by atoms with Gasteiger partial charge in [0.05, 0.1) is 17.4 Å². The van der Waals surface area contributed by atoms with Crippen LogP contribution in [0.2, 0.25) is 0 Å². The van der Waals surface area contributed by atoms with Gasteiger partial charge in [-0.2, -0.15) is 0 Å². The fourth-order valence-electron chi connectivity index (χ4n) is 2.97. The number of ether oxygens (including phenoxy) is 1. The molecular formula is C13H21NO4. The Labute approximate surface area is 107 Å². The molecular weight excluding hydrogens is 234 g/mol. The second kappa shape index (κ2) is 4.23. The Morgan fingerprint density at radius 1 is 1.33 bits per heavy atom. The highest BCUT2D eigenvalue weighted by Crippen LogP contribution is 2.58. The Balaban J connectivity index is 1.88. The van der Waals surface area contributed by atoms with Gasteiger partial charge in [-0.3, -0.25) is 9.59 Å². The van der Waals surface area contributed by atoms with E-state index in [1.807, 2.05) is 13.8 Å². The van der Waals surface area contributed by atoms with Crippen LogP contribution in [0.5, 0.6) is 0 Å². The second-order valence-electron chi connectivity index (χ2n) is 6.07. The molecule has 102 valence electrons. The van der Waals surface area contributed by atoms with Gasteiger partial charge < -0.3 is 15.2 Å². The van der Waals surface area contributed by atoms with Gasteiger partial charge >= 0.3 is 5.97 Å². The zero-order valence-electron chi connectivity index (χ0n) is 11.2. The van der Waals surface area contributed by atoms with Gasteiger partial charge in [0.25, 0.3) is 0 Å². The molecule has 2 unspecified atom stereocenters. The summed E-state index contributed by atoms with van der Waals surface area (Å²) in [5.74, 6) is -2.01. The van der Waals surface area contributed by atoms with E-state index in [1.54, 1.807) is 7.11 Å². The number of carboxylic acids is 1. The maximum atomic E-state index is 12.0. The van der Waals surface area contributed by atoms with Crippen LogP contribution >= 0.6 is 0 Å². The van der Waals surface area contributed by atoms with Crippen LogP contribution in [-0.2, 0) is 14.3 Å². The van der Waals surface area contributed by atoms with E-state index in [0.29, 0.717) is 6.54 Å². The lowest BCUT2D eigenvalue weighted by Crippen LogP contribution is -2.49. The van der Waals surface area contributed by atoms with E-state index >= 15 is 0 Å². The molecule has 2 rings (SSSR count). The van der Waals surface area contributed by atoms with E-state index in [9.17, 15) is 9.59 Å². The second-order valence-corrected chi connectivity index (χ2v) is 6.07. The molecule has 0 spiro atoms. The molecule has 0 aromatic rings. The van der Waals surface area contributed by atoms with Crippen molar-refractivity contribution in [2.24, 2.45) is 17.3 Å². The molecule has 18 heavy (non-hydrogen) atoms. The molecule has 2 atom stereocenters. The third-order valence-corrected chi connectivity index (χ3v) is 4.66. The fraction of sp³-hybridized carbons (Fsp3) is 0.846. The van der Waals surface area contributed by atoms with Crippen LogP contribution in [0.15, 0.2) is 0 Å². The van der Waals surface area contributed by atoms with Gasteiger partial charge in [-0.25, -0.2) is 0 Å². The molecule has 0 aromatic heterocycles. The Hall–Kier alpha value is -1.10. The number of carbonyl (C=O) groups excluding carboxylic acids is 1. The van der Waals surface area contributed by atoms with Gasteiger partial charge in [-0.15, -0.1) is 0 Å². The zero-order chi connectivity index (χ0) is 13.6. The largest absolute Gasteiger partial charge is 0.481 e. The molecule has 0 aromatic carbocycles. The van der Waals surface area contributed by atoms with Gasteiger partial charge in [-0.1, -0.05) is 13.8 Å². The van der Waals surface area contributed by atoms with Crippen LogP contribution in [0.4, 0.5) is 0 Å². The topological polar surface area (TPSA) is 75.6 Å². The molecule has 0 heterocycles. The summed E-state index contributed by atoms with van der Waals surface area (Å²) >= 11 is 0. The van der Waals surface area contributed by atoms with Crippen LogP contribution in [-0.4, -0.2) is 36.2 Å². The zero-order valence-corrected chi connectivity index (χ0v) is 11.2. The highest BCUT2D eigenvalue weighted by molar-refractivity contribution is 5.91. The molecule has 2 aliphatic rings. The maximum Gasteiger partial charge on any atom is 0.307 e. The molecule has 2 N–H and O–H groups in total. The SMILES string of the molecule is COC1(CNC(=O)C2C(C(=O)O)C2(C)C)CCC1. The first-order chi connectivity index (χ1) is 8.34. The number of hydrogen-bond donors (Lipinski definition) is 2. The lowest BCUT2D eigenvalue weighted by Gasteiger charge is -2.40. The van der Waals surface area contributed by atoms with Crippen molar-refractivity contribution in [3.05, 3.63) is 0 Å². The smallest absolute Gasteiger partial charge is 0.307 e. The van der Waals surface area contributed by atoms with Crippen LogP contribution in [0.3, 0.4) is 0 Å². The molecule has 5 nitrogen and oxygen atoms in total. The first kappa shape index (κ1) is 13.3. The third-order valence-electron chi connectivity index (χ3n) is 4.66. The Bertz CT molecular complexity index is 368. The molecule has 0 bridgehead atoms. The summed E-state index contributed by atoms with van der Waals surface area (Å²) in [6.45, 7) is 4.14. The number of carboxylic acid groups (broad SMARTS) is 1. The summed E-state index contributed by atoms with van der Waals surface area (Å²) in [4.78, 5) is 23.0. The van der Waals surface area contributed by atoms with Crippen LogP contribution < -0.4 is 5.32 Å². The van der Waals surface area contributed by atoms with E-state index in [-0.39, 0.29) is 11.5 Å². The minimum Gasteiger partial charge on any atom is -0.481 e. The highest BCUT2D eigenvalue weighted by atomic mass is 16.5. The monoisotopic (exact) mass is 255 g/mol. The number of hydrogen-bond acceptors (Lipinski definition) is 3. The molecule has 0 radical (unpaired) electrons. The summed E-state index contributed by atoms with van der Waals surface area (Å²) in [6.07, 6.45) is 3.04. The van der Waals surface area contributed by atoms with Gasteiger partial charge in [0, 0.05) is 13.7 Å². The Morgan fingerprint density at radius 2 is 1.94 bits per heavy atom. The summed E-state index contributed by atoms with van der Waals surface area (Å²) in [7, 11) is 1.66. The van der Waals surface area contributed by atoms with E-state index in [4.69, 9.17) is 9.84 Å². The van der Waals surface area contributed by atoms with Crippen molar-refractivity contribution in [3.63, 3.8) is 0 Å². The molecule has 0 aliphatic heterocycles. The highest BCUT2D eigenvalue weighted by Gasteiger charge is 2.65. The predicted octanol–water partition coefficient (Wildman–Crippen LogP) is 1.03. The summed E-state index contributed by atoms with van der Waals surface area (Å²) in [5, 5.41) is 11.9. The average molecular weight is 255 g/mol. The fourth-order valence-corrected chi connectivity index (χ4v) is 2.97. The van der Waals surface area contributed by atoms with E-state index in [1.165, 1.54) is 0 Å². The quantitative estimate of drug-likeness (QED) is 0.769. The molecule has 2 aliphatic carbocycles. The lowest BCUT2D eigenvalue weighted by atomic mass is 9.80. The minimum absolute atomic E-state index is 0.157. The van der Waals surface area contributed by atoms with Crippen molar-refractivity contribution in [3.8, 4) is 0 Å². The molecule has 0 saturated heterocycles. The van der Waals surface area contributed by atoms with Crippen molar-refractivity contribution in [1.29, 1.82) is 0 Å². The lowest BCUT2D eigenvalue weighted by molar-refractivity contribution is -0.140. The van der Waals surface area contributed by atoms with Crippen molar-refractivity contribution >= 4 is 11.9 Å². The van der Waals surface area contributed by atoms with E-state index < -0.39 is 23.2 Å². The number of carbonyl (C=O) groups is 2. The minimum atomic E-state index is -0.884. The van der Waals surface area contributed by atoms with Crippen molar-refractivity contribution in [1.82, 2.24) is 5.32 Å². The van der Waals surface area contributed by atoms with Gasteiger partial charge in [0.15, 0.2) is 0 Å². The first-order valence-corrected chi connectivity index (χ1v) is 6.40.